The minimum absolute atomic E-state index is 0.125. The summed E-state index contributed by atoms with van der Waals surface area (Å²) in [6.07, 6.45) is 3.36. The zero-order chi connectivity index (χ0) is 16.2. The largest absolute Gasteiger partial charge is 0.371 e. The van der Waals surface area contributed by atoms with E-state index in [-0.39, 0.29) is 5.28 Å². The summed E-state index contributed by atoms with van der Waals surface area (Å²) in [5.74, 6) is 2.13. The van der Waals surface area contributed by atoms with Gasteiger partial charge in [0.1, 0.15) is 16.9 Å². The zero-order valence-corrected chi connectivity index (χ0v) is 13.3. The first-order valence-corrected chi connectivity index (χ1v) is 7.19. The van der Waals surface area contributed by atoms with Gasteiger partial charge in [-0.2, -0.15) is 9.97 Å². The average Bonchev–Trinajstić information content (AvgIpc) is 2.59. The molecule has 23 heavy (non-hydrogen) atoms. The second-order valence-electron chi connectivity index (χ2n) is 4.45. The molecule has 0 bridgehead atoms. The lowest BCUT2D eigenvalue weighted by Gasteiger charge is -2.11. The Kier molecular flexibility index (Phi) is 4.29. The van der Waals surface area contributed by atoms with Crippen LogP contribution in [-0.2, 0) is 6.54 Å². The second kappa shape index (κ2) is 6.53. The topological polar surface area (TPSA) is 113 Å². The third kappa shape index (κ3) is 3.19. The van der Waals surface area contributed by atoms with Gasteiger partial charge in [-0.15, -0.1) is 0 Å². The van der Waals surface area contributed by atoms with E-state index in [2.05, 4.69) is 45.9 Å². The number of nitrogens with one attached hydrogen (secondary N) is 3. The third-order valence-electron chi connectivity index (χ3n) is 3.01. The average molecular weight is 332 g/mol. The van der Waals surface area contributed by atoms with Crippen LogP contribution in [0.5, 0.6) is 0 Å². The summed E-state index contributed by atoms with van der Waals surface area (Å²) in [7, 11) is 3.49. The highest BCUT2D eigenvalue weighted by Gasteiger charge is 2.14. The third-order valence-corrected chi connectivity index (χ3v) is 3.18. The summed E-state index contributed by atoms with van der Waals surface area (Å²) in [6, 6.07) is 1.76. The predicted molar refractivity (Wildman–Crippen MR) is 88.6 cm³/mol. The predicted octanol–water partition coefficient (Wildman–Crippen LogP) is 1.56. The zero-order valence-electron chi connectivity index (χ0n) is 12.5. The van der Waals surface area contributed by atoms with Crippen molar-refractivity contribution in [3.05, 3.63) is 29.6 Å². The molecule has 0 unspecified atom stereocenters. The minimum atomic E-state index is 0.125. The number of fused-ring (bicyclic) bond motifs is 1. The van der Waals surface area contributed by atoms with E-state index >= 15 is 0 Å². The van der Waals surface area contributed by atoms with Crippen LogP contribution in [0.2, 0.25) is 5.28 Å². The summed E-state index contributed by atoms with van der Waals surface area (Å²) in [5, 5.41) is 9.16. The molecule has 0 aromatic carbocycles. The molecular formula is C13H14ClN9. The number of anilines is 3. The maximum atomic E-state index is 5.93. The molecule has 0 saturated carbocycles. The van der Waals surface area contributed by atoms with E-state index in [1.54, 1.807) is 32.6 Å². The van der Waals surface area contributed by atoms with E-state index < -0.39 is 0 Å². The van der Waals surface area contributed by atoms with Gasteiger partial charge in [0.05, 0.1) is 6.54 Å². The van der Waals surface area contributed by atoms with Crippen molar-refractivity contribution in [3.8, 4) is 0 Å². The summed E-state index contributed by atoms with van der Waals surface area (Å²) in [5.41, 5.74) is 1.10. The number of nitrogens with zero attached hydrogens (tertiary/aromatic N) is 6. The molecule has 3 aromatic rings. The molecule has 0 aliphatic carbocycles. The van der Waals surface area contributed by atoms with Crippen molar-refractivity contribution in [2.24, 2.45) is 0 Å². The number of rotatable bonds is 5. The van der Waals surface area contributed by atoms with E-state index in [4.69, 9.17) is 11.6 Å². The van der Waals surface area contributed by atoms with Gasteiger partial charge in [-0.1, -0.05) is 0 Å². The van der Waals surface area contributed by atoms with Crippen LogP contribution in [0.25, 0.3) is 11.0 Å². The number of hydrogen-bond acceptors (Lipinski definition) is 9. The van der Waals surface area contributed by atoms with Crippen LogP contribution in [0.15, 0.2) is 18.5 Å². The fourth-order valence-corrected chi connectivity index (χ4v) is 2.16. The maximum Gasteiger partial charge on any atom is 0.225 e. The highest BCUT2D eigenvalue weighted by Crippen LogP contribution is 2.26. The highest BCUT2D eigenvalue weighted by atomic mass is 35.5. The normalized spacial score (nSPS) is 10.6. The Hall–Kier alpha value is -2.81. The smallest absolute Gasteiger partial charge is 0.225 e. The Bertz CT molecular complexity index is 825. The quantitative estimate of drug-likeness (QED) is 0.599. The molecule has 3 heterocycles. The van der Waals surface area contributed by atoms with Crippen LogP contribution in [0.3, 0.4) is 0 Å². The maximum absolute atomic E-state index is 5.93. The van der Waals surface area contributed by atoms with Crippen LogP contribution < -0.4 is 16.0 Å². The van der Waals surface area contributed by atoms with Crippen LogP contribution in [0.1, 0.15) is 5.82 Å². The lowest BCUT2D eigenvalue weighted by Crippen LogP contribution is -2.10. The Labute approximate surface area is 137 Å². The van der Waals surface area contributed by atoms with Crippen molar-refractivity contribution in [1.82, 2.24) is 29.9 Å². The molecule has 3 aromatic heterocycles. The van der Waals surface area contributed by atoms with Crippen LogP contribution in [-0.4, -0.2) is 44.0 Å². The SMILES string of the molecule is CNc1nc(NCc2ncccn2)nc2c(NC)nc(Cl)nc12. The van der Waals surface area contributed by atoms with Crippen molar-refractivity contribution in [2.75, 3.05) is 30.0 Å². The van der Waals surface area contributed by atoms with Gasteiger partial charge >= 0.3 is 0 Å². The molecule has 3 N–H and O–H groups in total. The van der Waals surface area contributed by atoms with Crippen molar-refractivity contribution in [3.63, 3.8) is 0 Å². The molecule has 9 nitrogen and oxygen atoms in total. The Morgan fingerprint density at radius 1 is 0.913 bits per heavy atom. The van der Waals surface area contributed by atoms with Crippen molar-refractivity contribution in [2.45, 2.75) is 6.54 Å². The number of hydrogen-bond donors (Lipinski definition) is 3. The first kappa shape index (κ1) is 15.1. The van der Waals surface area contributed by atoms with Crippen molar-refractivity contribution >= 4 is 40.2 Å². The molecule has 0 fully saturated rings. The summed E-state index contributed by atoms with van der Waals surface area (Å²) < 4.78 is 0. The molecule has 118 valence electrons. The Morgan fingerprint density at radius 3 is 2.26 bits per heavy atom. The monoisotopic (exact) mass is 331 g/mol. The molecule has 3 rings (SSSR count). The van der Waals surface area contributed by atoms with Gasteiger partial charge in [-0.25, -0.2) is 19.9 Å². The summed E-state index contributed by atoms with van der Waals surface area (Å²) in [4.78, 5) is 25.4. The first-order valence-electron chi connectivity index (χ1n) is 6.82. The van der Waals surface area contributed by atoms with Crippen LogP contribution in [0, 0.1) is 0 Å². The standard InChI is InChI=1S/C13H14ClN9/c1-15-10-9-8(20-12(14)22-10)11(16-2)23-13(21-9)19-6-7-17-4-3-5-18-7/h3-5H,6H2,1-2H3,(H,15,20,22)(H2,16,19,21,23). The Morgan fingerprint density at radius 2 is 1.57 bits per heavy atom. The summed E-state index contributed by atoms with van der Waals surface area (Å²) in [6.45, 7) is 0.402. The second-order valence-corrected chi connectivity index (χ2v) is 4.79. The lowest BCUT2D eigenvalue weighted by molar-refractivity contribution is 0.931. The van der Waals surface area contributed by atoms with Crippen molar-refractivity contribution in [1.29, 1.82) is 0 Å². The van der Waals surface area contributed by atoms with Crippen LogP contribution >= 0.6 is 11.6 Å². The number of halogens is 1. The molecule has 0 amide bonds. The molecule has 0 spiro atoms. The molecule has 0 atom stereocenters. The van der Waals surface area contributed by atoms with Gasteiger partial charge in [0.25, 0.3) is 0 Å². The van der Waals surface area contributed by atoms with E-state index in [0.717, 1.165) is 0 Å². The molecule has 10 heteroatoms. The minimum Gasteiger partial charge on any atom is -0.371 e. The van der Waals surface area contributed by atoms with Crippen molar-refractivity contribution < 1.29 is 0 Å². The Balaban J connectivity index is 1.99. The van der Waals surface area contributed by atoms with E-state index in [0.29, 0.717) is 41.0 Å². The molecule has 0 saturated heterocycles. The lowest BCUT2D eigenvalue weighted by atomic mass is 10.3. The van der Waals surface area contributed by atoms with Crippen LogP contribution in [0.4, 0.5) is 17.6 Å². The summed E-state index contributed by atoms with van der Waals surface area (Å²) >= 11 is 5.93. The van der Waals surface area contributed by atoms with Gasteiger partial charge in [-0.05, 0) is 17.7 Å². The molecule has 0 radical (unpaired) electrons. The van der Waals surface area contributed by atoms with Gasteiger partial charge in [0.15, 0.2) is 11.6 Å². The van der Waals surface area contributed by atoms with Gasteiger partial charge in [0, 0.05) is 26.5 Å². The van der Waals surface area contributed by atoms with Gasteiger partial charge < -0.3 is 16.0 Å². The molecule has 0 aliphatic heterocycles. The first-order chi connectivity index (χ1) is 11.2. The van der Waals surface area contributed by atoms with E-state index in [1.807, 2.05) is 0 Å². The molecule has 0 aliphatic rings. The van der Waals surface area contributed by atoms with E-state index in [1.165, 1.54) is 0 Å². The van der Waals surface area contributed by atoms with Gasteiger partial charge in [0.2, 0.25) is 11.2 Å². The van der Waals surface area contributed by atoms with Gasteiger partial charge in [-0.3, -0.25) is 0 Å². The van der Waals surface area contributed by atoms with E-state index in [9.17, 15) is 0 Å². The highest BCUT2D eigenvalue weighted by molar-refractivity contribution is 6.29. The number of aromatic nitrogens is 6. The molecular weight excluding hydrogens is 318 g/mol. The fourth-order valence-electron chi connectivity index (χ4n) is 2.00. The fraction of sp³-hybridized carbons (Fsp3) is 0.231.